The van der Waals surface area contributed by atoms with E-state index in [0.717, 1.165) is 4.68 Å². The number of nitrogens with zero attached hydrogens (tertiary/aromatic N) is 3. The highest BCUT2D eigenvalue weighted by Crippen LogP contribution is 2.33. The number of halogens is 2. The summed E-state index contributed by atoms with van der Waals surface area (Å²) < 4.78 is 22.1. The highest BCUT2D eigenvalue weighted by Gasteiger charge is 2.17. The van der Waals surface area contributed by atoms with Gasteiger partial charge in [0.05, 0.1) is 17.3 Å². The number of ether oxygens (including phenoxy) is 1. The second kappa shape index (κ2) is 9.08. The van der Waals surface area contributed by atoms with Crippen molar-refractivity contribution in [2.75, 3.05) is 0 Å². The Hall–Kier alpha value is -3.21. The minimum absolute atomic E-state index is 0.0494. The molecule has 0 fully saturated rings. The topological polar surface area (TPSA) is 88.1 Å². The number of rotatable bonds is 6. The molecule has 0 bridgehead atoms. The molecule has 3 aromatic rings. The molecule has 0 amide bonds. The number of benzene rings is 2. The molecule has 0 spiro atoms. The summed E-state index contributed by atoms with van der Waals surface area (Å²) in [5, 5.41) is 22.8. The number of hydrogen-bond donors (Lipinski definition) is 1. The molecule has 0 radical (unpaired) electrons. The van der Waals surface area contributed by atoms with Gasteiger partial charge in [-0.2, -0.15) is 10.4 Å². The molecule has 8 heteroatoms. The summed E-state index contributed by atoms with van der Waals surface area (Å²) in [5.41, 5.74) is 1.71. The Morgan fingerprint density at radius 2 is 2.00 bits per heavy atom. The lowest BCUT2D eigenvalue weighted by Gasteiger charge is -2.15. The van der Waals surface area contributed by atoms with Crippen LogP contribution >= 0.6 is 11.6 Å². The molecule has 1 heterocycles. The van der Waals surface area contributed by atoms with Crippen LogP contribution in [-0.4, -0.2) is 14.9 Å². The van der Waals surface area contributed by atoms with E-state index in [4.69, 9.17) is 21.6 Å². The monoisotopic (exact) mass is 427 g/mol. The molecular weight excluding hydrogens is 409 g/mol. The van der Waals surface area contributed by atoms with Gasteiger partial charge in [-0.15, -0.1) is 0 Å². The van der Waals surface area contributed by atoms with Crippen molar-refractivity contribution in [1.82, 2.24) is 9.78 Å². The summed E-state index contributed by atoms with van der Waals surface area (Å²) in [6, 6.07) is 11.4. The molecule has 2 aromatic carbocycles. The van der Waals surface area contributed by atoms with E-state index in [1.807, 2.05) is 13.0 Å². The summed E-state index contributed by atoms with van der Waals surface area (Å²) in [4.78, 5) is 11.9. The van der Waals surface area contributed by atoms with E-state index in [1.54, 1.807) is 25.1 Å². The van der Waals surface area contributed by atoms with Gasteiger partial charge in [-0.3, -0.25) is 4.79 Å². The summed E-state index contributed by atoms with van der Waals surface area (Å²) in [6.07, 6.45) is 0.636. The number of aliphatic hydroxyl groups is 1. The number of nitriles is 1. The van der Waals surface area contributed by atoms with E-state index < -0.39 is 18.1 Å². The molecule has 0 unspecified atom stereocenters. The second-order valence-corrected chi connectivity index (χ2v) is 7.15. The maximum absolute atomic E-state index is 15.4. The highest BCUT2D eigenvalue weighted by molar-refractivity contribution is 6.30. The number of aliphatic hydroxyl groups excluding tert-OH is 1. The lowest BCUT2D eigenvalue weighted by molar-refractivity contribution is 0.187. The Morgan fingerprint density at radius 3 is 2.67 bits per heavy atom. The molecule has 3 rings (SSSR count). The molecule has 0 saturated carbocycles. The zero-order valence-corrected chi connectivity index (χ0v) is 17.2. The van der Waals surface area contributed by atoms with Crippen molar-refractivity contribution in [3.05, 3.63) is 85.5 Å². The molecule has 0 atom stereocenters. The van der Waals surface area contributed by atoms with E-state index in [0.29, 0.717) is 39.4 Å². The zero-order chi connectivity index (χ0) is 21.8. The van der Waals surface area contributed by atoms with Crippen LogP contribution in [0.5, 0.6) is 11.5 Å². The van der Waals surface area contributed by atoms with E-state index in [1.165, 1.54) is 18.2 Å². The van der Waals surface area contributed by atoms with Crippen molar-refractivity contribution < 1.29 is 14.2 Å². The van der Waals surface area contributed by atoms with Gasteiger partial charge in [-0.25, -0.2) is 9.07 Å². The van der Waals surface area contributed by atoms with Gasteiger partial charge in [-0.1, -0.05) is 30.7 Å². The minimum Gasteiger partial charge on any atom is -0.454 e. The van der Waals surface area contributed by atoms with Crippen molar-refractivity contribution in [2.24, 2.45) is 0 Å². The Kier molecular flexibility index (Phi) is 6.50. The first kappa shape index (κ1) is 21.5. The average Bonchev–Trinajstić information content (AvgIpc) is 2.73. The average molecular weight is 428 g/mol. The van der Waals surface area contributed by atoms with Crippen LogP contribution in [0.15, 0.2) is 41.2 Å². The van der Waals surface area contributed by atoms with E-state index in [9.17, 15) is 9.90 Å². The van der Waals surface area contributed by atoms with Crippen LogP contribution < -0.4 is 10.3 Å². The third-order valence-corrected chi connectivity index (χ3v) is 4.79. The maximum atomic E-state index is 15.4. The first-order chi connectivity index (χ1) is 14.4. The molecule has 0 aliphatic carbocycles. The number of hydrogen-bond acceptors (Lipinski definition) is 5. The van der Waals surface area contributed by atoms with Crippen LogP contribution in [0.1, 0.15) is 34.9 Å². The molecule has 1 aromatic heterocycles. The Morgan fingerprint density at radius 1 is 1.27 bits per heavy atom. The standard InChI is InChI=1S/C22H19ClFN3O3/c1-3-15-4-5-16(9-18-6-13(2)22(29)27(12-28)26-18)20(24)21(15)30-19-8-14(11-25)7-17(23)10-19/h4-8,10,28H,3,9,12H2,1-2H3. The second-order valence-electron chi connectivity index (χ2n) is 6.71. The normalized spacial score (nSPS) is 10.7. The largest absolute Gasteiger partial charge is 0.454 e. The van der Waals surface area contributed by atoms with Crippen molar-refractivity contribution in [1.29, 1.82) is 5.26 Å². The molecule has 1 N–H and O–H groups in total. The molecule has 0 aliphatic heterocycles. The Labute approximate surface area is 177 Å². The lowest BCUT2D eigenvalue weighted by Crippen LogP contribution is -2.26. The van der Waals surface area contributed by atoms with E-state index in [2.05, 4.69) is 5.10 Å². The van der Waals surface area contributed by atoms with Crippen molar-refractivity contribution in [3.63, 3.8) is 0 Å². The fraction of sp³-hybridized carbons (Fsp3) is 0.227. The minimum atomic E-state index is -0.561. The number of aryl methyl sites for hydroxylation is 2. The SMILES string of the molecule is CCc1ccc(Cc2cc(C)c(=O)n(CO)n2)c(F)c1Oc1cc(Cl)cc(C#N)c1. The summed E-state index contributed by atoms with van der Waals surface area (Å²) in [6.45, 7) is 2.92. The van der Waals surface area contributed by atoms with Gasteiger partial charge in [-0.05, 0) is 48.7 Å². The van der Waals surface area contributed by atoms with Gasteiger partial charge in [0.15, 0.2) is 11.6 Å². The van der Waals surface area contributed by atoms with Gasteiger partial charge in [0.2, 0.25) is 0 Å². The van der Waals surface area contributed by atoms with Crippen LogP contribution in [0.25, 0.3) is 0 Å². The predicted molar refractivity (Wildman–Crippen MR) is 110 cm³/mol. The molecule has 0 aliphatic rings. The molecule has 30 heavy (non-hydrogen) atoms. The van der Waals surface area contributed by atoms with E-state index in [-0.39, 0.29) is 17.9 Å². The first-order valence-electron chi connectivity index (χ1n) is 9.23. The fourth-order valence-corrected chi connectivity index (χ4v) is 3.31. The zero-order valence-electron chi connectivity index (χ0n) is 16.4. The van der Waals surface area contributed by atoms with E-state index >= 15 is 4.39 Å². The summed E-state index contributed by atoms with van der Waals surface area (Å²) in [5.74, 6) is -0.255. The Balaban J connectivity index is 2.02. The van der Waals surface area contributed by atoms with Crippen LogP contribution in [0.4, 0.5) is 4.39 Å². The predicted octanol–water partition coefficient (Wildman–Crippen LogP) is 4.11. The smallest absolute Gasteiger partial charge is 0.271 e. The third kappa shape index (κ3) is 4.51. The van der Waals surface area contributed by atoms with Gasteiger partial charge in [0.1, 0.15) is 12.5 Å². The van der Waals surface area contributed by atoms with Gasteiger partial charge in [0, 0.05) is 17.0 Å². The first-order valence-corrected chi connectivity index (χ1v) is 9.61. The van der Waals surface area contributed by atoms with Gasteiger partial charge in [0.25, 0.3) is 5.56 Å². The third-order valence-electron chi connectivity index (χ3n) is 4.57. The molecule has 154 valence electrons. The van der Waals surface area contributed by atoms with Crippen molar-refractivity contribution in [3.8, 4) is 17.6 Å². The summed E-state index contributed by atoms with van der Waals surface area (Å²) >= 11 is 6.02. The van der Waals surface area contributed by atoms with Crippen LogP contribution in [-0.2, 0) is 19.6 Å². The highest BCUT2D eigenvalue weighted by atomic mass is 35.5. The Bertz CT molecular complexity index is 1200. The quantitative estimate of drug-likeness (QED) is 0.639. The molecular formula is C22H19ClFN3O3. The fourth-order valence-electron chi connectivity index (χ4n) is 3.09. The maximum Gasteiger partial charge on any atom is 0.271 e. The molecule has 0 saturated heterocycles. The van der Waals surface area contributed by atoms with Gasteiger partial charge < -0.3 is 9.84 Å². The lowest BCUT2D eigenvalue weighted by atomic mass is 10.0. The van der Waals surface area contributed by atoms with Crippen molar-refractivity contribution in [2.45, 2.75) is 33.4 Å². The molecule has 6 nitrogen and oxygen atoms in total. The number of aromatic nitrogens is 2. The van der Waals surface area contributed by atoms with Crippen LogP contribution in [0, 0.1) is 24.1 Å². The van der Waals surface area contributed by atoms with Crippen LogP contribution in [0.2, 0.25) is 5.02 Å². The van der Waals surface area contributed by atoms with Gasteiger partial charge >= 0.3 is 0 Å². The van der Waals surface area contributed by atoms with Crippen LogP contribution in [0.3, 0.4) is 0 Å². The van der Waals surface area contributed by atoms with Crippen molar-refractivity contribution >= 4 is 11.6 Å². The summed E-state index contributed by atoms with van der Waals surface area (Å²) in [7, 11) is 0.